The highest BCUT2D eigenvalue weighted by Gasteiger charge is 2.33. The van der Waals surface area contributed by atoms with E-state index >= 15 is 0 Å². The molecular formula is C36H32O2. The second-order valence-electron chi connectivity index (χ2n) is 10.6. The van der Waals surface area contributed by atoms with Gasteiger partial charge >= 0.3 is 5.97 Å². The molecular weight excluding hydrogens is 464 g/mol. The first kappa shape index (κ1) is 24.2. The summed E-state index contributed by atoms with van der Waals surface area (Å²) in [6.45, 7) is 6.49. The van der Waals surface area contributed by atoms with Gasteiger partial charge in [-0.05, 0) is 119 Å². The number of carbonyl (C=O) groups excluding carboxylic acids is 1. The molecule has 6 rings (SSSR count). The van der Waals surface area contributed by atoms with Crippen molar-refractivity contribution in [3.8, 4) is 11.1 Å². The number of hydrogen-bond acceptors (Lipinski definition) is 2. The van der Waals surface area contributed by atoms with Crippen molar-refractivity contribution in [1.29, 1.82) is 0 Å². The van der Waals surface area contributed by atoms with Crippen LogP contribution in [0.2, 0.25) is 0 Å². The Labute approximate surface area is 225 Å². The van der Waals surface area contributed by atoms with E-state index in [0.717, 1.165) is 24.8 Å². The number of fused-ring (bicyclic) bond motifs is 3. The lowest BCUT2D eigenvalue weighted by Crippen LogP contribution is -2.02. The van der Waals surface area contributed by atoms with Crippen molar-refractivity contribution in [2.24, 2.45) is 0 Å². The maximum absolute atomic E-state index is 12.1. The average Bonchev–Trinajstić information content (AvgIpc) is 3.26. The van der Waals surface area contributed by atoms with E-state index in [4.69, 9.17) is 4.74 Å². The molecule has 0 radical (unpaired) electrons. The molecule has 0 bridgehead atoms. The standard InChI is InChI=1S/C36H32O2/c1-22-8-12-25(13-9-22)29-6-5-7-30-34(27-16-18-28(19-17-27)36(37)38-4)32-20-24(3)31(21-33(32)35(29)30)26-14-10-23(2)11-15-26/h8-21H,5-7H2,1-4H3. The molecule has 0 unspecified atom stereocenters. The Kier molecular flexibility index (Phi) is 6.12. The van der Waals surface area contributed by atoms with Crippen LogP contribution >= 0.6 is 0 Å². The molecule has 0 heterocycles. The fourth-order valence-electron chi connectivity index (χ4n) is 6.04. The third-order valence-corrected chi connectivity index (χ3v) is 8.02. The third-order valence-electron chi connectivity index (χ3n) is 8.02. The van der Waals surface area contributed by atoms with Gasteiger partial charge in [-0.3, -0.25) is 0 Å². The molecule has 4 aromatic rings. The summed E-state index contributed by atoms with van der Waals surface area (Å²) < 4.78 is 4.94. The summed E-state index contributed by atoms with van der Waals surface area (Å²) in [6, 6.07) is 30.5. The van der Waals surface area contributed by atoms with Gasteiger partial charge in [0.15, 0.2) is 0 Å². The summed E-state index contributed by atoms with van der Waals surface area (Å²) in [6.07, 6.45) is 3.25. The van der Waals surface area contributed by atoms with Crippen LogP contribution in [0.1, 0.15) is 68.6 Å². The summed E-state index contributed by atoms with van der Waals surface area (Å²) >= 11 is 0. The lowest BCUT2D eigenvalue weighted by molar-refractivity contribution is 0.0600. The van der Waals surface area contributed by atoms with Crippen LogP contribution in [0.4, 0.5) is 0 Å². The number of benzene rings is 4. The summed E-state index contributed by atoms with van der Waals surface area (Å²) in [5.74, 6) is -0.306. The Bertz CT molecular complexity index is 1610. The fraction of sp³-hybridized carbons (Fsp3) is 0.194. The number of allylic oxidation sites excluding steroid dienone is 3. The lowest BCUT2D eigenvalue weighted by atomic mass is 9.82. The van der Waals surface area contributed by atoms with Crippen LogP contribution in [0.5, 0.6) is 0 Å². The third kappa shape index (κ3) is 4.11. The minimum atomic E-state index is -0.306. The maximum atomic E-state index is 12.1. The van der Waals surface area contributed by atoms with Gasteiger partial charge < -0.3 is 4.74 Å². The highest BCUT2D eigenvalue weighted by Crippen LogP contribution is 2.53. The van der Waals surface area contributed by atoms with Gasteiger partial charge in [0.05, 0.1) is 12.7 Å². The molecule has 2 heteroatoms. The van der Waals surface area contributed by atoms with E-state index in [9.17, 15) is 4.79 Å². The van der Waals surface area contributed by atoms with Crippen molar-refractivity contribution in [2.45, 2.75) is 40.0 Å². The molecule has 2 nitrogen and oxygen atoms in total. The van der Waals surface area contributed by atoms with E-state index in [1.54, 1.807) is 0 Å². The predicted molar refractivity (Wildman–Crippen MR) is 157 cm³/mol. The number of rotatable bonds is 4. The molecule has 2 aliphatic rings. The van der Waals surface area contributed by atoms with Gasteiger partial charge in [0.1, 0.15) is 0 Å². The van der Waals surface area contributed by atoms with Crippen LogP contribution in [0.3, 0.4) is 0 Å². The van der Waals surface area contributed by atoms with Gasteiger partial charge in [0, 0.05) is 0 Å². The van der Waals surface area contributed by atoms with E-state index in [0.29, 0.717) is 5.56 Å². The molecule has 38 heavy (non-hydrogen) atoms. The zero-order chi connectivity index (χ0) is 26.4. The number of methoxy groups -OCH3 is 1. The number of aryl methyl sites for hydroxylation is 3. The average molecular weight is 497 g/mol. The number of hydrogen-bond donors (Lipinski definition) is 0. The second kappa shape index (κ2) is 9.61. The summed E-state index contributed by atoms with van der Waals surface area (Å²) in [5, 5.41) is 0. The van der Waals surface area contributed by atoms with Gasteiger partial charge in [-0.15, -0.1) is 0 Å². The molecule has 188 valence electrons. The molecule has 0 fully saturated rings. The normalized spacial score (nSPS) is 14.4. The van der Waals surface area contributed by atoms with Crippen LogP contribution in [0.25, 0.3) is 27.8 Å². The largest absolute Gasteiger partial charge is 0.465 e. The van der Waals surface area contributed by atoms with E-state index in [1.165, 1.54) is 73.9 Å². The Morgan fingerprint density at radius 1 is 0.605 bits per heavy atom. The Hall–Kier alpha value is -4.17. The van der Waals surface area contributed by atoms with Gasteiger partial charge in [0.2, 0.25) is 0 Å². The molecule has 0 aromatic heterocycles. The molecule has 0 N–H and O–H groups in total. The van der Waals surface area contributed by atoms with Crippen molar-refractivity contribution in [3.05, 3.63) is 135 Å². The highest BCUT2D eigenvalue weighted by molar-refractivity contribution is 6.13. The van der Waals surface area contributed by atoms with Gasteiger partial charge in [-0.25, -0.2) is 4.79 Å². The lowest BCUT2D eigenvalue weighted by Gasteiger charge is -2.22. The first-order chi connectivity index (χ1) is 18.4. The zero-order valence-corrected chi connectivity index (χ0v) is 22.5. The Morgan fingerprint density at radius 3 is 1.79 bits per heavy atom. The van der Waals surface area contributed by atoms with Gasteiger partial charge in [-0.1, -0.05) is 77.9 Å². The summed E-state index contributed by atoms with van der Waals surface area (Å²) in [4.78, 5) is 12.1. The van der Waals surface area contributed by atoms with Crippen molar-refractivity contribution >= 4 is 22.7 Å². The van der Waals surface area contributed by atoms with Crippen LogP contribution in [0, 0.1) is 20.8 Å². The number of carbonyl (C=O) groups is 1. The van der Waals surface area contributed by atoms with E-state index < -0.39 is 0 Å². The second-order valence-corrected chi connectivity index (χ2v) is 10.6. The van der Waals surface area contributed by atoms with E-state index in [2.05, 4.69) is 93.6 Å². The first-order valence-corrected chi connectivity index (χ1v) is 13.4. The van der Waals surface area contributed by atoms with Crippen molar-refractivity contribution in [2.75, 3.05) is 7.11 Å². The molecule has 0 saturated heterocycles. The van der Waals surface area contributed by atoms with Gasteiger partial charge in [-0.2, -0.15) is 0 Å². The maximum Gasteiger partial charge on any atom is 0.337 e. The quantitative estimate of drug-likeness (QED) is 0.264. The Balaban J connectivity index is 1.60. The molecule has 0 saturated carbocycles. The highest BCUT2D eigenvalue weighted by atomic mass is 16.5. The summed E-state index contributed by atoms with van der Waals surface area (Å²) in [7, 11) is 1.42. The predicted octanol–water partition coefficient (Wildman–Crippen LogP) is 8.98. The molecule has 0 atom stereocenters. The smallest absolute Gasteiger partial charge is 0.337 e. The van der Waals surface area contributed by atoms with Crippen molar-refractivity contribution in [3.63, 3.8) is 0 Å². The Morgan fingerprint density at radius 2 is 1.16 bits per heavy atom. The van der Waals surface area contributed by atoms with Crippen LogP contribution in [0.15, 0.2) is 90.5 Å². The topological polar surface area (TPSA) is 26.3 Å². The minimum absolute atomic E-state index is 0.306. The van der Waals surface area contributed by atoms with Gasteiger partial charge in [0.25, 0.3) is 0 Å². The number of esters is 1. The van der Waals surface area contributed by atoms with Crippen LogP contribution in [-0.4, -0.2) is 13.1 Å². The molecule has 0 aliphatic heterocycles. The monoisotopic (exact) mass is 496 g/mol. The summed E-state index contributed by atoms with van der Waals surface area (Å²) in [5.41, 5.74) is 17.6. The zero-order valence-electron chi connectivity index (χ0n) is 22.5. The van der Waals surface area contributed by atoms with E-state index in [-0.39, 0.29) is 5.97 Å². The number of ether oxygens (including phenoxy) is 1. The van der Waals surface area contributed by atoms with Crippen molar-refractivity contribution in [1.82, 2.24) is 0 Å². The van der Waals surface area contributed by atoms with Crippen LogP contribution in [-0.2, 0) is 4.74 Å². The van der Waals surface area contributed by atoms with E-state index in [1.807, 2.05) is 12.1 Å². The molecule has 4 aromatic carbocycles. The molecule has 2 aliphatic carbocycles. The van der Waals surface area contributed by atoms with Crippen molar-refractivity contribution < 1.29 is 9.53 Å². The van der Waals surface area contributed by atoms with Crippen LogP contribution < -0.4 is 0 Å². The molecule has 0 amide bonds. The first-order valence-electron chi connectivity index (χ1n) is 13.4. The SMILES string of the molecule is COC(=O)c1ccc(C2=C3CCCC(c4ccc(C)cc4)=C3c3cc(-c4ccc(C)cc4)c(C)cc32)cc1. The minimum Gasteiger partial charge on any atom is -0.465 e. The fourth-order valence-corrected chi connectivity index (χ4v) is 6.04. The molecule has 0 spiro atoms.